The maximum Gasteiger partial charge on any atom is 0.427 e. The van der Waals surface area contributed by atoms with Gasteiger partial charge in [-0.25, -0.2) is 9.97 Å². The van der Waals surface area contributed by atoms with Crippen LogP contribution in [-0.2, 0) is 12.7 Å². The predicted molar refractivity (Wildman–Crippen MR) is 90.5 cm³/mol. The van der Waals surface area contributed by atoms with Crippen molar-refractivity contribution in [1.29, 1.82) is 0 Å². The van der Waals surface area contributed by atoms with Crippen LogP contribution in [0.3, 0.4) is 0 Å². The average molecular weight is 376 g/mol. The molecule has 0 saturated carbocycles. The van der Waals surface area contributed by atoms with Gasteiger partial charge in [-0.15, -0.1) is 11.3 Å². The predicted octanol–water partition coefficient (Wildman–Crippen LogP) is 4.25. The number of aromatic nitrogens is 2. The van der Waals surface area contributed by atoms with Crippen LogP contribution in [0.5, 0.6) is 0 Å². The van der Waals surface area contributed by atoms with Crippen molar-refractivity contribution >= 4 is 27.8 Å². The molecule has 0 aromatic carbocycles. The van der Waals surface area contributed by atoms with Gasteiger partial charge in [-0.3, -0.25) is 4.90 Å². The van der Waals surface area contributed by atoms with E-state index in [0.29, 0.717) is 28.9 Å². The fourth-order valence-electron chi connectivity index (χ4n) is 2.78. The number of piperidine rings is 1. The highest BCUT2D eigenvalue weighted by molar-refractivity contribution is 7.15. The first-order valence-electron chi connectivity index (χ1n) is 7.80. The molecule has 3 rings (SSSR count). The van der Waals surface area contributed by atoms with Gasteiger partial charge < -0.3 is 5.32 Å². The Bertz CT molecular complexity index is 660. The summed E-state index contributed by atoms with van der Waals surface area (Å²) in [5.41, 5.74) is 1.12. The Morgan fingerprint density at radius 3 is 2.67 bits per heavy atom. The number of nitrogens with one attached hydrogen (secondary N) is 1. The van der Waals surface area contributed by atoms with E-state index in [-0.39, 0.29) is 0 Å². The summed E-state index contributed by atoms with van der Waals surface area (Å²) >= 11 is 2.34. The molecule has 9 heteroatoms. The Hall–Kier alpha value is -1.19. The zero-order chi connectivity index (χ0) is 17.2. The molecular formula is C15H19F3N4S2. The second kappa shape index (κ2) is 7.37. The lowest BCUT2D eigenvalue weighted by atomic mass is 9.97. The molecule has 0 aliphatic carbocycles. The van der Waals surface area contributed by atoms with Crippen LogP contribution in [0.4, 0.5) is 18.3 Å². The minimum atomic E-state index is -4.31. The summed E-state index contributed by atoms with van der Waals surface area (Å²) < 4.78 is 37.7. The largest absolute Gasteiger partial charge is 0.427 e. The van der Waals surface area contributed by atoms with Crippen LogP contribution in [0.25, 0.3) is 0 Å². The molecule has 3 heterocycles. The SMILES string of the molecule is Cc1nc(CN2CCC(CNc3ncc(C(F)(F)F)s3)CC2)cs1. The number of hydrogen-bond donors (Lipinski definition) is 1. The highest BCUT2D eigenvalue weighted by Crippen LogP contribution is 2.35. The van der Waals surface area contributed by atoms with E-state index in [9.17, 15) is 13.2 Å². The first-order valence-corrected chi connectivity index (χ1v) is 9.50. The van der Waals surface area contributed by atoms with Crippen LogP contribution in [0, 0.1) is 12.8 Å². The van der Waals surface area contributed by atoms with Gasteiger partial charge in [-0.2, -0.15) is 13.2 Å². The molecule has 2 aromatic rings. The number of rotatable bonds is 5. The van der Waals surface area contributed by atoms with Crippen molar-refractivity contribution < 1.29 is 13.2 Å². The lowest BCUT2D eigenvalue weighted by molar-refractivity contribution is -0.134. The molecule has 0 unspecified atom stereocenters. The van der Waals surface area contributed by atoms with Crippen molar-refractivity contribution in [2.45, 2.75) is 32.5 Å². The number of halogens is 3. The van der Waals surface area contributed by atoms with E-state index >= 15 is 0 Å². The van der Waals surface area contributed by atoms with Gasteiger partial charge in [0.05, 0.1) is 16.9 Å². The molecule has 2 aromatic heterocycles. The van der Waals surface area contributed by atoms with Gasteiger partial charge in [0.1, 0.15) is 4.88 Å². The molecule has 4 nitrogen and oxygen atoms in total. The number of aryl methyl sites for hydroxylation is 1. The molecule has 1 aliphatic rings. The standard InChI is InChI=1S/C15H19F3N4S2/c1-10-21-12(9-23-10)8-22-4-2-11(3-5-22)6-19-14-20-7-13(24-14)15(16,17)18/h7,9,11H,2-6,8H2,1H3,(H,19,20). The number of anilines is 1. The van der Waals surface area contributed by atoms with Crippen LogP contribution in [0.15, 0.2) is 11.6 Å². The number of alkyl halides is 3. The fourth-order valence-corrected chi connectivity index (χ4v) is 4.07. The molecule has 0 atom stereocenters. The topological polar surface area (TPSA) is 41.1 Å². The van der Waals surface area contributed by atoms with E-state index in [1.54, 1.807) is 11.3 Å². The van der Waals surface area contributed by atoms with Gasteiger partial charge in [0.25, 0.3) is 0 Å². The quantitative estimate of drug-likeness (QED) is 0.847. The number of thiazole rings is 2. The van der Waals surface area contributed by atoms with Gasteiger partial charge in [0, 0.05) is 18.5 Å². The Morgan fingerprint density at radius 2 is 2.08 bits per heavy atom. The summed E-state index contributed by atoms with van der Waals surface area (Å²) in [5, 5.41) is 6.59. The van der Waals surface area contributed by atoms with E-state index in [1.807, 2.05) is 6.92 Å². The van der Waals surface area contributed by atoms with Gasteiger partial charge in [0.15, 0.2) is 5.13 Å². The zero-order valence-electron chi connectivity index (χ0n) is 13.3. The van der Waals surface area contributed by atoms with Gasteiger partial charge in [0.2, 0.25) is 0 Å². The second-order valence-corrected chi connectivity index (χ2v) is 8.08. The van der Waals surface area contributed by atoms with E-state index in [4.69, 9.17) is 0 Å². The molecule has 1 N–H and O–H groups in total. The van der Waals surface area contributed by atoms with Gasteiger partial charge >= 0.3 is 6.18 Å². The minimum Gasteiger partial charge on any atom is -0.361 e. The highest BCUT2D eigenvalue weighted by atomic mass is 32.1. The highest BCUT2D eigenvalue weighted by Gasteiger charge is 2.33. The third-order valence-corrected chi connectivity index (χ3v) is 5.91. The van der Waals surface area contributed by atoms with E-state index in [1.165, 1.54) is 0 Å². The van der Waals surface area contributed by atoms with E-state index in [0.717, 1.165) is 49.4 Å². The zero-order valence-corrected chi connectivity index (χ0v) is 14.9. The fraction of sp³-hybridized carbons (Fsp3) is 0.600. The number of hydrogen-bond acceptors (Lipinski definition) is 6. The van der Waals surface area contributed by atoms with Crippen LogP contribution in [0.1, 0.15) is 28.4 Å². The summed E-state index contributed by atoms with van der Waals surface area (Å²) in [6.45, 7) is 5.55. The van der Waals surface area contributed by atoms with Crippen LogP contribution in [-0.4, -0.2) is 34.5 Å². The third-order valence-electron chi connectivity index (χ3n) is 4.09. The summed E-state index contributed by atoms with van der Waals surface area (Å²) in [6.07, 6.45) is -1.34. The molecule has 24 heavy (non-hydrogen) atoms. The molecule has 0 radical (unpaired) electrons. The van der Waals surface area contributed by atoms with E-state index in [2.05, 4.69) is 25.6 Å². The maximum atomic E-state index is 12.6. The number of nitrogens with zero attached hydrogens (tertiary/aromatic N) is 3. The molecule has 0 bridgehead atoms. The van der Waals surface area contributed by atoms with Crippen molar-refractivity contribution in [1.82, 2.24) is 14.9 Å². The molecule has 0 spiro atoms. The molecule has 132 valence electrons. The van der Waals surface area contributed by atoms with Crippen molar-refractivity contribution in [3.05, 3.63) is 27.2 Å². The monoisotopic (exact) mass is 376 g/mol. The normalized spacial score (nSPS) is 17.3. The summed E-state index contributed by atoms with van der Waals surface area (Å²) in [4.78, 5) is 10.0. The van der Waals surface area contributed by atoms with Crippen molar-refractivity contribution in [3.8, 4) is 0 Å². The summed E-state index contributed by atoms with van der Waals surface area (Å²) in [6, 6.07) is 0. The molecule has 1 saturated heterocycles. The van der Waals surface area contributed by atoms with Crippen LogP contribution >= 0.6 is 22.7 Å². The summed E-state index contributed by atoms with van der Waals surface area (Å²) in [7, 11) is 0. The van der Waals surface area contributed by atoms with Crippen molar-refractivity contribution in [2.24, 2.45) is 5.92 Å². The van der Waals surface area contributed by atoms with Crippen molar-refractivity contribution in [2.75, 3.05) is 25.0 Å². The molecule has 0 amide bonds. The molecule has 1 fully saturated rings. The lowest BCUT2D eigenvalue weighted by Gasteiger charge is -2.31. The van der Waals surface area contributed by atoms with Crippen LogP contribution < -0.4 is 5.32 Å². The Labute approximate surface area is 146 Å². The maximum absolute atomic E-state index is 12.6. The first-order chi connectivity index (χ1) is 11.4. The van der Waals surface area contributed by atoms with Crippen molar-refractivity contribution in [3.63, 3.8) is 0 Å². The third kappa shape index (κ3) is 4.67. The second-order valence-electron chi connectivity index (χ2n) is 5.99. The molecular weight excluding hydrogens is 357 g/mol. The Morgan fingerprint density at radius 1 is 1.33 bits per heavy atom. The Kier molecular flexibility index (Phi) is 5.41. The minimum absolute atomic E-state index is 0.350. The smallest absolute Gasteiger partial charge is 0.361 e. The van der Waals surface area contributed by atoms with Crippen LogP contribution in [0.2, 0.25) is 0 Å². The van der Waals surface area contributed by atoms with E-state index < -0.39 is 11.1 Å². The summed E-state index contributed by atoms with van der Waals surface area (Å²) in [5.74, 6) is 0.469. The average Bonchev–Trinajstić information content (AvgIpc) is 3.15. The first kappa shape index (κ1) is 17.6. The molecule has 1 aliphatic heterocycles. The van der Waals surface area contributed by atoms with Gasteiger partial charge in [-0.05, 0) is 38.8 Å². The van der Waals surface area contributed by atoms with Gasteiger partial charge in [-0.1, -0.05) is 11.3 Å². The lowest BCUT2D eigenvalue weighted by Crippen LogP contribution is -2.35. The number of likely N-dealkylation sites (tertiary alicyclic amines) is 1. The Balaban J connectivity index is 1.41.